The monoisotopic (exact) mass is 242 g/mol. The van der Waals surface area contributed by atoms with Gasteiger partial charge in [0, 0.05) is 19.3 Å². The van der Waals surface area contributed by atoms with E-state index < -0.39 is 0 Å². The van der Waals surface area contributed by atoms with Crippen molar-refractivity contribution < 1.29 is 0 Å². The summed E-state index contributed by atoms with van der Waals surface area (Å²) < 4.78 is 0. The van der Waals surface area contributed by atoms with Crippen molar-refractivity contribution in [3.63, 3.8) is 0 Å². The largest absolute Gasteiger partial charge is 0.351 e. The molecule has 0 unspecified atom stereocenters. The van der Waals surface area contributed by atoms with Gasteiger partial charge in [-0.1, -0.05) is 12.1 Å². The molecule has 2 heterocycles. The molecular weight excluding hydrogens is 224 g/mol. The molecule has 0 amide bonds. The van der Waals surface area contributed by atoms with E-state index in [1.807, 2.05) is 42.6 Å². The number of hydrogen-bond donors (Lipinski definition) is 1. The van der Waals surface area contributed by atoms with E-state index in [2.05, 4.69) is 21.8 Å². The Balaban J connectivity index is 2.17. The lowest BCUT2D eigenvalue weighted by Gasteiger charge is -2.21. The predicted molar refractivity (Wildman–Crippen MR) is 73.1 cm³/mol. The smallest absolute Gasteiger partial charge is 0.129 e. The molecule has 2 aromatic rings. The summed E-state index contributed by atoms with van der Waals surface area (Å²) in [7, 11) is 0. The van der Waals surface area contributed by atoms with Crippen molar-refractivity contribution in [1.82, 2.24) is 9.97 Å². The van der Waals surface area contributed by atoms with Crippen LogP contribution >= 0.6 is 0 Å². The molecule has 0 atom stereocenters. The fourth-order valence-electron chi connectivity index (χ4n) is 1.80. The molecule has 4 nitrogen and oxygen atoms in total. The summed E-state index contributed by atoms with van der Waals surface area (Å²) in [4.78, 5) is 11.1. The van der Waals surface area contributed by atoms with E-state index in [-0.39, 0.29) is 0 Å². The normalized spacial score (nSPS) is 10.3. The Hall–Kier alpha value is -1.94. The first-order valence-electron chi connectivity index (χ1n) is 6.14. The number of nitrogens with two attached hydrogens (primary N) is 1. The van der Waals surface area contributed by atoms with Crippen LogP contribution in [0.3, 0.4) is 0 Å². The lowest BCUT2D eigenvalue weighted by atomic mass is 10.3. The Morgan fingerprint density at radius 2 is 1.94 bits per heavy atom. The number of aromatic nitrogens is 2. The summed E-state index contributed by atoms with van der Waals surface area (Å²) in [5.74, 6) is 0.950. The molecule has 0 bridgehead atoms. The number of pyridine rings is 2. The molecule has 4 heteroatoms. The summed E-state index contributed by atoms with van der Waals surface area (Å²) in [6, 6.07) is 11.9. The Morgan fingerprint density at radius 1 is 1.11 bits per heavy atom. The van der Waals surface area contributed by atoms with E-state index in [1.165, 1.54) is 0 Å². The van der Waals surface area contributed by atoms with Crippen molar-refractivity contribution in [3.8, 4) is 0 Å². The van der Waals surface area contributed by atoms with Crippen LogP contribution in [0.5, 0.6) is 0 Å². The molecule has 2 aromatic heterocycles. The second-order valence-corrected chi connectivity index (χ2v) is 4.03. The van der Waals surface area contributed by atoms with Gasteiger partial charge in [0.1, 0.15) is 5.82 Å². The Labute approximate surface area is 107 Å². The van der Waals surface area contributed by atoms with E-state index in [9.17, 15) is 0 Å². The highest BCUT2D eigenvalue weighted by Gasteiger charge is 2.07. The van der Waals surface area contributed by atoms with Crippen LogP contribution in [0, 0.1) is 0 Å². The number of rotatable bonds is 5. The van der Waals surface area contributed by atoms with Gasteiger partial charge >= 0.3 is 0 Å². The molecule has 94 valence electrons. The van der Waals surface area contributed by atoms with Crippen LogP contribution in [0.1, 0.15) is 18.3 Å². The third-order valence-corrected chi connectivity index (χ3v) is 2.79. The summed E-state index contributed by atoms with van der Waals surface area (Å²) in [6.45, 7) is 4.23. The van der Waals surface area contributed by atoms with Crippen molar-refractivity contribution in [2.75, 3.05) is 11.4 Å². The van der Waals surface area contributed by atoms with Crippen LogP contribution in [0.4, 0.5) is 5.82 Å². The van der Waals surface area contributed by atoms with E-state index in [0.717, 1.165) is 30.3 Å². The Bertz CT molecular complexity index is 484. The zero-order valence-corrected chi connectivity index (χ0v) is 10.6. The van der Waals surface area contributed by atoms with Crippen LogP contribution in [0.15, 0.2) is 42.6 Å². The number of hydrogen-bond acceptors (Lipinski definition) is 4. The molecule has 18 heavy (non-hydrogen) atoms. The maximum atomic E-state index is 5.62. The quantitative estimate of drug-likeness (QED) is 0.870. The minimum absolute atomic E-state index is 0.467. The first-order valence-corrected chi connectivity index (χ1v) is 6.14. The van der Waals surface area contributed by atoms with Gasteiger partial charge in [0.05, 0.1) is 17.9 Å². The zero-order chi connectivity index (χ0) is 12.8. The summed E-state index contributed by atoms with van der Waals surface area (Å²) >= 11 is 0. The first kappa shape index (κ1) is 12.5. The van der Waals surface area contributed by atoms with Crippen LogP contribution in [0.2, 0.25) is 0 Å². The molecule has 0 aromatic carbocycles. The van der Waals surface area contributed by atoms with Crippen LogP contribution < -0.4 is 10.6 Å². The van der Waals surface area contributed by atoms with Gasteiger partial charge in [-0.15, -0.1) is 0 Å². The molecule has 0 radical (unpaired) electrons. The second-order valence-electron chi connectivity index (χ2n) is 4.03. The van der Waals surface area contributed by atoms with Gasteiger partial charge in [0.2, 0.25) is 0 Å². The summed E-state index contributed by atoms with van der Waals surface area (Å²) in [5.41, 5.74) is 7.57. The van der Waals surface area contributed by atoms with E-state index in [4.69, 9.17) is 5.73 Å². The molecular formula is C14H18N4. The minimum Gasteiger partial charge on any atom is -0.351 e. The summed E-state index contributed by atoms with van der Waals surface area (Å²) in [6.07, 6.45) is 1.81. The van der Waals surface area contributed by atoms with Gasteiger partial charge in [0.25, 0.3) is 0 Å². The predicted octanol–water partition coefficient (Wildman–Crippen LogP) is 1.96. The average molecular weight is 242 g/mol. The minimum atomic E-state index is 0.467. The van der Waals surface area contributed by atoms with Gasteiger partial charge in [-0.3, -0.25) is 4.98 Å². The second kappa shape index (κ2) is 6.12. The molecule has 0 aliphatic rings. The lowest BCUT2D eigenvalue weighted by Crippen LogP contribution is -2.24. The fourth-order valence-corrected chi connectivity index (χ4v) is 1.80. The highest BCUT2D eigenvalue weighted by atomic mass is 15.2. The molecule has 0 aliphatic heterocycles. The summed E-state index contributed by atoms with van der Waals surface area (Å²) in [5, 5.41) is 0. The van der Waals surface area contributed by atoms with Crippen molar-refractivity contribution in [1.29, 1.82) is 0 Å². The molecule has 0 spiro atoms. The van der Waals surface area contributed by atoms with Crippen LogP contribution in [-0.2, 0) is 13.1 Å². The van der Waals surface area contributed by atoms with E-state index in [0.29, 0.717) is 6.54 Å². The standard InChI is InChI=1S/C14H18N4/c1-2-18(11-13-6-3-4-9-16-13)14-8-5-7-12(10-15)17-14/h3-9H,2,10-11,15H2,1H3. The third-order valence-electron chi connectivity index (χ3n) is 2.79. The van der Waals surface area contributed by atoms with Crippen LogP contribution in [-0.4, -0.2) is 16.5 Å². The van der Waals surface area contributed by atoms with Crippen LogP contribution in [0.25, 0.3) is 0 Å². The lowest BCUT2D eigenvalue weighted by molar-refractivity contribution is 0.787. The number of nitrogens with zero attached hydrogens (tertiary/aromatic N) is 3. The van der Waals surface area contributed by atoms with Gasteiger partial charge in [-0.2, -0.15) is 0 Å². The Morgan fingerprint density at radius 3 is 2.61 bits per heavy atom. The zero-order valence-electron chi connectivity index (χ0n) is 10.6. The highest BCUT2D eigenvalue weighted by molar-refractivity contribution is 5.39. The maximum absolute atomic E-state index is 5.62. The van der Waals surface area contributed by atoms with Gasteiger partial charge < -0.3 is 10.6 Å². The molecule has 0 aliphatic carbocycles. The Kier molecular flexibility index (Phi) is 4.25. The molecule has 2 rings (SSSR count). The molecule has 0 saturated carbocycles. The molecule has 2 N–H and O–H groups in total. The third kappa shape index (κ3) is 3.05. The van der Waals surface area contributed by atoms with Gasteiger partial charge in [0.15, 0.2) is 0 Å². The molecule has 0 saturated heterocycles. The first-order chi connectivity index (χ1) is 8.83. The SMILES string of the molecule is CCN(Cc1ccccn1)c1cccc(CN)n1. The highest BCUT2D eigenvalue weighted by Crippen LogP contribution is 2.13. The average Bonchev–Trinajstić information content (AvgIpc) is 2.46. The van der Waals surface area contributed by atoms with Crippen molar-refractivity contribution in [3.05, 3.63) is 54.0 Å². The maximum Gasteiger partial charge on any atom is 0.129 e. The number of anilines is 1. The van der Waals surface area contributed by atoms with Crippen molar-refractivity contribution >= 4 is 5.82 Å². The molecule has 0 fully saturated rings. The van der Waals surface area contributed by atoms with Crippen molar-refractivity contribution in [2.24, 2.45) is 5.73 Å². The van der Waals surface area contributed by atoms with E-state index in [1.54, 1.807) is 0 Å². The van der Waals surface area contributed by atoms with Crippen molar-refractivity contribution in [2.45, 2.75) is 20.0 Å². The van der Waals surface area contributed by atoms with E-state index >= 15 is 0 Å². The fraction of sp³-hybridized carbons (Fsp3) is 0.286. The topological polar surface area (TPSA) is 55.0 Å². The van der Waals surface area contributed by atoms with Gasteiger partial charge in [-0.05, 0) is 31.2 Å². The van der Waals surface area contributed by atoms with Gasteiger partial charge in [-0.25, -0.2) is 4.98 Å².